The summed E-state index contributed by atoms with van der Waals surface area (Å²) in [7, 11) is 0. The van der Waals surface area contributed by atoms with Crippen molar-refractivity contribution in [2.75, 3.05) is 6.61 Å². The van der Waals surface area contributed by atoms with Gasteiger partial charge in [-0.2, -0.15) is 0 Å². The Labute approximate surface area is 127 Å². The van der Waals surface area contributed by atoms with E-state index >= 15 is 0 Å². The molecule has 1 saturated heterocycles. The second kappa shape index (κ2) is 6.20. The predicted molar refractivity (Wildman–Crippen MR) is 80.7 cm³/mol. The molecule has 0 spiro atoms. The van der Waals surface area contributed by atoms with Crippen LogP contribution in [0.3, 0.4) is 0 Å². The van der Waals surface area contributed by atoms with Gasteiger partial charge in [0.15, 0.2) is 0 Å². The molecule has 0 aliphatic carbocycles. The Morgan fingerprint density at radius 3 is 2.95 bits per heavy atom. The maximum Gasteiger partial charge on any atom is 0.283 e. The van der Waals surface area contributed by atoms with Gasteiger partial charge in [0, 0.05) is 25.3 Å². The zero-order valence-electron chi connectivity index (χ0n) is 11.7. The van der Waals surface area contributed by atoms with Crippen LogP contribution in [0.1, 0.15) is 32.3 Å². The molecule has 1 N–H and O–H groups in total. The van der Waals surface area contributed by atoms with E-state index < -0.39 is 0 Å². The lowest BCUT2D eigenvalue weighted by Crippen LogP contribution is -2.43. The molecule has 0 saturated carbocycles. The van der Waals surface area contributed by atoms with Gasteiger partial charge < -0.3 is 10.1 Å². The number of benzene rings is 1. The highest BCUT2D eigenvalue weighted by Gasteiger charge is 2.28. The molecule has 6 heteroatoms. The topological polar surface area (TPSA) is 64.4 Å². The van der Waals surface area contributed by atoms with Gasteiger partial charge in [-0.05, 0) is 48.2 Å². The van der Waals surface area contributed by atoms with Crippen LogP contribution in [-0.2, 0) is 11.3 Å². The number of nitro groups is 1. The number of nitrogens with one attached hydrogen (secondary N) is 1. The predicted octanol–water partition coefficient (Wildman–Crippen LogP) is 3.40. The van der Waals surface area contributed by atoms with E-state index in [-0.39, 0.29) is 16.2 Å². The van der Waals surface area contributed by atoms with Crippen molar-refractivity contribution >= 4 is 21.6 Å². The van der Waals surface area contributed by atoms with Gasteiger partial charge in [0.1, 0.15) is 0 Å². The fourth-order valence-electron chi connectivity index (χ4n) is 2.50. The van der Waals surface area contributed by atoms with E-state index in [0.29, 0.717) is 17.1 Å². The summed E-state index contributed by atoms with van der Waals surface area (Å²) in [4.78, 5) is 10.5. The quantitative estimate of drug-likeness (QED) is 0.672. The Hall–Kier alpha value is -0.980. The summed E-state index contributed by atoms with van der Waals surface area (Å²) in [6.07, 6.45) is 1.91. The second-order valence-corrected chi connectivity index (χ2v) is 6.48. The summed E-state index contributed by atoms with van der Waals surface area (Å²) < 4.78 is 6.24. The van der Waals surface area contributed by atoms with E-state index in [1.807, 2.05) is 6.07 Å². The van der Waals surface area contributed by atoms with Crippen LogP contribution in [0, 0.1) is 10.1 Å². The number of rotatable bonds is 4. The van der Waals surface area contributed by atoms with Crippen LogP contribution in [0.15, 0.2) is 22.7 Å². The summed E-state index contributed by atoms with van der Waals surface area (Å²) in [6, 6.07) is 5.50. The minimum atomic E-state index is -0.370. The molecule has 1 aromatic rings. The van der Waals surface area contributed by atoms with Gasteiger partial charge in [0.2, 0.25) is 0 Å². The lowest BCUT2D eigenvalue weighted by molar-refractivity contribution is -0.385. The molecule has 1 aliphatic rings. The summed E-state index contributed by atoms with van der Waals surface area (Å²) in [6.45, 7) is 5.54. The minimum Gasteiger partial charge on any atom is -0.375 e. The van der Waals surface area contributed by atoms with Crippen LogP contribution < -0.4 is 5.32 Å². The van der Waals surface area contributed by atoms with Crippen molar-refractivity contribution in [3.05, 3.63) is 38.3 Å². The lowest BCUT2D eigenvalue weighted by atomic mass is 9.94. The molecule has 2 rings (SSSR count). The molecule has 5 nitrogen and oxygen atoms in total. The van der Waals surface area contributed by atoms with E-state index in [4.69, 9.17) is 4.74 Å². The molecule has 1 fully saturated rings. The molecule has 1 aromatic carbocycles. The molecule has 20 heavy (non-hydrogen) atoms. The van der Waals surface area contributed by atoms with Crippen molar-refractivity contribution in [2.24, 2.45) is 0 Å². The zero-order chi connectivity index (χ0) is 14.8. The fraction of sp³-hybridized carbons (Fsp3) is 0.571. The summed E-state index contributed by atoms with van der Waals surface area (Å²) in [5, 5.41) is 14.4. The van der Waals surface area contributed by atoms with Crippen molar-refractivity contribution in [1.82, 2.24) is 5.32 Å². The molecule has 0 amide bonds. The summed E-state index contributed by atoms with van der Waals surface area (Å²) >= 11 is 3.32. The van der Waals surface area contributed by atoms with E-state index in [0.717, 1.165) is 25.0 Å². The number of hydrogen-bond acceptors (Lipinski definition) is 4. The smallest absolute Gasteiger partial charge is 0.283 e. The van der Waals surface area contributed by atoms with Crippen LogP contribution >= 0.6 is 15.9 Å². The second-order valence-electron chi connectivity index (χ2n) is 5.69. The maximum absolute atomic E-state index is 10.9. The van der Waals surface area contributed by atoms with Crippen LogP contribution in [-0.4, -0.2) is 23.2 Å². The first-order valence-electron chi connectivity index (χ1n) is 6.68. The first-order valence-corrected chi connectivity index (χ1v) is 7.47. The highest BCUT2D eigenvalue weighted by molar-refractivity contribution is 9.10. The average molecular weight is 343 g/mol. The Bertz CT molecular complexity index is 505. The van der Waals surface area contributed by atoms with E-state index in [1.54, 1.807) is 6.07 Å². The number of nitro benzene ring substituents is 1. The average Bonchev–Trinajstić information content (AvgIpc) is 2.36. The van der Waals surface area contributed by atoms with Gasteiger partial charge in [-0.3, -0.25) is 10.1 Å². The summed E-state index contributed by atoms with van der Waals surface area (Å²) in [5.74, 6) is 0. The molecule has 0 bridgehead atoms. The van der Waals surface area contributed by atoms with Crippen LogP contribution in [0.5, 0.6) is 0 Å². The Balaban J connectivity index is 2.01. The molecule has 110 valence electrons. The zero-order valence-corrected chi connectivity index (χ0v) is 13.3. The summed E-state index contributed by atoms with van der Waals surface area (Å²) in [5.41, 5.74) is 0.913. The molecular weight excluding hydrogens is 324 g/mol. The minimum absolute atomic E-state index is 0.101. The van der Waals surface area contributed by atoms with E-state index in [1.165, 1.54) is 6.07 Å². The first-order chi connectivity index (χ1) is 9.39. The molecule has 0 aromatic heterocycles. The Kier molecular flexibility index (Phi) is 4.78. The van der Waals surface area contributed by atoms with Crippen molar-refractivity contribution in [2.45, 2.75) is 44.9 Å². The first kappa shape index (κ1) is 15.4. The third-order valence-electron chi connectivity index (χ3n) is 3.53. The Morgan fingerprint density at radius 1 is 1.55 bits per heavy atom. The molecule has 1 aliphatic heterocycles. The number of hydrogen-bond donors (Lipinski definition) is 1. The van der Waals surface area contributed by atoms with Crippen molar-refractivity contribution < 1.29 is 9.66 Å². The highest BCUT2D eigenvalue weighted by atomic mass is 79.9. The number of halogens is 1. The third-order valence-corrected chi connectivity index (χ3v) is 4.45. The highest BCUT2D eigenvalue weighted by Crippen LogP contribution is 2.29. The number of nitrogens with zero attached hydrogens (tertiary/aromatic N) is 1. The molecule has 1 unspecified atom stereocenters. The van der Waals surface area contributed by atoms with E-state index in [2.05, 4.69) is 35.1 Å². The molecule has 1 heterocycles. The van der Waals surface area contributed by atoms with Crippen molar-refractivity contribution in [3.8, 4) is 0 Å². The van der Waals surface area contributed by atoms with Crippen molar-refractivity contribution in [3.63, 3.8) is 0 Å². The molecule has 1 atom stereocenters. The van der Waals surface area contributed by atoms with Gasteiger partial charge in [0.05, 0.1) is 15.0 Å². The normalized spacial score (nSPS) is 21.6. The molecular formula is C14H19BrN2O3. The van der Waals surface area contributed by atoms with Gasteiger partial charge in [-0.1, -0.05) is 12.1 Å². The lowest BCUT2D eigenvalue weighted by Gasteiger charge is -2.36. The largest absolute Gasteiger partial charge is 0.375 e. The molecule has 0 radical (unpaired) electrons. The third kappa shape index (κ3) is 3.77. The van der Waals surface area contributed by atoms with Crippen LogP contribution in [0.4, 0.5) is 5.69 Å². The fourth-order valence-corrected chi connectivity index (χ4v) is 3.05. The van der Waals surface area contributed by atoms with E-state index in [9.17, 15) is 10.1 Å². The number of ether oxygens (including phenoxy) is 1. The monoisotopic (exact) mass is 342 g/mol. The Morgan fingerprint density at radius 2 is 2.30 bits per heavy atom. The van der Waals surface area contributed by atoms with Crippen LogP contribution in [0.2, 0.25) is 0 Å². The van der Waals surface area contributed by atoms with Gasteiger partial charge >= 0.3 is 0 Å². The van der Waals surface area contributed by atoms with Gasteiger partial charge in [-0.15, -0.1) is 0 Å². The maximum atomic E-state index is 10.9. The standard InChI is InChI=1S/C14H19BrN2O3/c1-14(2)8-11(6-7-20-14)16-9-10-4-3-5-12(13(10)15)17(18)19/h3-5,11,16H,6-9H2,1-2H3. The van der Waals surface area contributed by atoms with Crippen molar-refractivity contribution in [1.29, 1.82) is 0 Å². The van der Waals surface area contributed by atoms with Gasteiger partial charge in [0.25, 0.3) is 5.69 Å². The van der Waals surface area contributed by atoms with Crippen LogP contribution in [0.25, 0.3) is 0 Å². The SMILES string of the molecule is CC1(C)CC(NCc2cccc([N+](=O)[O-])c2Br)CCO1. The van der Waals surface area contributed by atoms with Gasteiger partial charge in [-0.25, -0.2) is 0 Å².